The van der Waals surface area contributed by atoms with E-state index in [1.807, 2.05) is 29.2 Å². The van der Waals surface area contributed by atoms with Gasteiger partial charge in [-0.2, -0.15) is 0 Å². The largest absolute Gasteiger partial charge is 0.393 e. The summed E-state index contributed by atoms with van der Waals surface area (Å²) in [7, 11) is 0. The second-order valence-corrected chi connectivity index (χ2v) is 6.82. The van der Waals surface area contributed by atoms with Crippen molar-refractivity contribution in [2.24, 2.45) is 0 Å². The number of hydrogen-bond acceptors (Lipinski definition) is 2. The molecule has 0 saturated carbocycles. The summed E-state index contributed by atoms with van der Waals surface area (Å²) in [6, 6.07) is 18.3. The van der Waals surface area contributed by atoms with E-state index in [-0.39, 0.29) is 11.9 Å². The average molecular weight is 338 g/mol. The number of nitrogens with zero attached hydrogens (tertiary/aromatic N) is 1. The Morgan fingerprint density at radius 3 is 2.52 bits per heavy atom. The van der Waals surface area contributed by atoms with Crippen molar-refractivity contribution in [1.29, 1.82) is 0 Å². The van der Waals surface area contributed by atoms with E-state index in [0.29, 0.717) is 19.5 Å². The average Bonchev–Trinajstić information content (AvgIpc) is 2.65. The standard InChI is InChI=1S/C21H26N2O2/c1-16(24)13-20(17-7-3-2-4-8-17)14-22-21(25)23-12-11-18-9-5-6-10-19(18)15-23/h2-10,16,20,24H,11-15H2,1H3,(H,22,25)/t16-,20-/m0/s1. The first-order valence-corrected chi connectivity index (χ1v) is 8.96. The van der Waals surface area contributed by atoms with Crippen molar-refractivity contribution in [3.63, 3.8) is 0 Å². The molecule has 0 aromatic heterocycles. The molecule has 4 nitrogen and oxygen atoms in total. The van der Waals surface area contributed by atoms with Crippen LogP contribution in [0.2, 0.25) is 0 Å². The minimum Gasteiger partial charge on any atom is -0.393 e. The van der Waals surface area contributed by atoms with E-state index in [1.54, 1.807) is 6.92 Å². The van der Waals surface area contributed by atoms with Gasteiger partial charge in [0.05, 0.1) is 6.10 Å². The predicted molar refractivity (Wildman–Crippen MR) is 99.4 cm³/mol. The maximum Gasteiger partial charge on any atom is 0.317 e. The number of nitrogens with one attached hydrogen (secondary N) is 1. The molecule has 1 heterocycles. The molecule has 2 aromatic carbocycles. The molecule has 0 spiro atoms. The maximum absolute atomic E-state index is 12.6. The lowest BCUT2D eigenvalue weighted by molar-refractivity contribution is 0.169. The van der Waals surface area contributed by atoms with Crippen LogP contribution in [0.3, 0.4) is 0 Å². The van der Waals surface area contributed by atoms with Gasteiger partial charge < -0.3 is 15.3 Å². The Hall–Kier alpha value is -2.33. The van der Waals surface area contributed by atoms with Gasteiger partial charge in [-0.3, -0.25) is 0 Å². The van der Waals surface area contributed by atoms with Crippen LogP contribution in [0.4, 0.5) is 4.79 Å². The zero-order valence-electron chi connectivity index (χ0n) is 14.7. The van der Waals surface area contributed by atoms with Gasteiger partial charge in [-0.25, -0.2) is 4.79 Å². The van der Waals surface area contributed by atoms with Crippen LogP contribution in [-0.2, 0) is 13.0 Å². The van der Waals surface area contributed by atoms with Crippen LogP contribution in [0.15, 0.2) is 54.6 Å². The number of aliphatic hydroxyl groups is 1. The highest BCUT2D eigenvalue weighted by atomic mass is 16.3. The van der Waals surface area contributed by atoms with Crippen LogP contribution in [-0.4, -0.2) is 35.2 Å². The van der Waals surface area contributed by atoms with E-state index in [4.69, 9.17) is 0 Å². The summed E-state index contributed by atoms with van der Waals surface area (Å²) in [6.07, 6.45) is 1.14. The van der Waals surface area contributed by atoms with Gasteiger partial charge in [0.25, 0.3) is 0 Å². The molecule has 0 saturated heterocycles. The van der Waals surface area contributed by atoms with Gasteiger partial charge in [-0.05, 0) is 36.5 Å². The number of carbonyl (C=O) groups is 1. The molecule has 2 atom stereocenters. The molecular weight excluding hydrogens is 312 g/mol. The van der Waals surface area contributed by atoms with Gasteiger partial charge in [0.15, 0.2) is 0 Å². The Balaban J connectivity index is 1.60. The van der Waals surface area contributed by atoms with Crippen molar-refractivity contribution in [2.45, 2.75) is 38.3 Å². The molecule has 3 rings (SSSR count). The van der Waals surface area contributed by atoms with E-state index >= 15 is 0 Å². The summed E-state index contributed by atoms with van der Waals surface area (Å²) in [5.41, 5.74) is 3.71. The lowest BCUT2D eigenvalue weighted by Gasteiger charge is -2.30. The summed E-state index contributed by atoms with van der Waals surface area (Å²) >= 11 is 0. The molecular formula is C21H26N2O2. The molecule has 1 aliphatic rings. The molecule has 132 valence electrons. The maximum atomic E-state index is 12.6. The quantitative estimate of drug-likeness (QED) is 0.879. The van der Waals surface area contributed by atoms with Crippen LogP contribution in [0, 0.1) is 0 Å². The van der Waals surface area contributed by atoms with Crippen LogP contribution >= 0.6 is 0 Å². The van der Waals surface area contributed by atoms with Gasteiger partial charge in [0, 0.05) is 25.6 Å². The monoisotopic (exact) mass is 338 g/mol. The van der Waals surface area contributed by atoms with Crippen molar-refractivity contribution < 1.29 is 9.90 Å². The number of aliphatic hydroxyl groups excluding tert-OH is 1. The molecule has 0 fully saturated rings. The molecule has 0 aliphatic carbocycles. The second-order valence-electron chi connectivity index (χ2n) is 6.82. The van der Waals surface area contributed by atoms with E-state index in [9.17, 15) is 9.90 Å². The first-order chi connectivity index (χ1) is 12.1. The lowest BCUT2D eigenvalue weighted by atomic mass is 9.93. The number of urea groups is 1. The first kappa shape index (κ1) is 17.5. The van der Waals surface area contributed by atoms with Crippen molar-refractivity contribution in [2.75, 3.05) is 13.1 Å². The predicted octanol–water partition coefficient (Wildman–Crippen LogP) is 3.31. The Morgan fingerprint density at radius 1 is 1.12 bits per heavy atom. The van der Waals surface area contributed by atoms with E-state index in [1.165, 1.54) is 11.1 Å². The topological polar surface area (TPSA) is 52.6 Å². The van der Waals surface area contributed by atoms with Gasteiger partial charge in [-0.1, -0.05) is 54.6 Å². The number of carbonyl (C=O) groups excluding carboxylic acids is 1. The molecule has 4 heteroatoms. The van der Waals surface area contributed by atoms with Crippen LogP contribution < -0.4 is 5.32 Å². The minimum atomic E-state index is -0.399. The highest BCUT2D eigenvalue weighted by Gasteiger charge is 2.22. The zero-order chi connectivity index (χ0) is 17.6. The van der Waals surface area contributed by atoms with E-state index in [0.717, 1.165) is 18.5 Å². The van der Waals surface area contributed by atoms with Crippen LogP contribution in [0.25, 0.3) is 0 Å². The first-order valence-electron chi connectivity index (χ1n) is 8.96. The smallest absolute Gasteiger partial charge is 0.317 e. The second kappa shape index (κ2) is 8.17. The number of rotatable bonds is 5. The summed E-state index contributed by atoms with van der Waals surface area (Å²) in [6.45, 7) is 3.73. The van der Waals surface area contributed by atoms with Crippen molar-refractivity contribution in [3.05, 3.63) is 71.3 Å². The zero-order valence-corrected chi connectivity index (χ0v) is 14.7. The van der Waals surface area contributed by atoms with Crippen LogP contribution in [0.1, 0.15) is 36.0 Å². The minimum absolute atomic E-state index is 0.0268. The summed E-state index contributed by atoms with van der Waals surface area (Å²) in [4.78, 5) is 14.4. The van der Waals surface area contributed by atoms with Gasteiger partial charge in [0.2, 0.25) is 0 Å². The van der Waals surface area contributed by atoms with Gasteiger partial charge >= 0.3 is 6.03 Å². The summed E-state index contributed by atoms with van der Waals surface area (Å²) in [5.74, 6) is 0.113. The SMILES string of the molecule is C[C@H](O)C[C@@H](CNC(=O)N1CCc2ccccc2C1)c1ccccc1. The third-order valence-electron chi connectivity index (χ3n) is 4.81. The van der Waals surface area contributed by atoms with Crippen LogP contribution in [0.5, 0.6) is 0 Å². The molecule has 2 amide bonds. The Morgan fingerprint density at radius 2 is 1.80 bits per heavy atom. The molecule has 2 aromatic rings. The summed E-state index contributed by atoms with van der Waals surface area (Å²) < 4.78 is 0. The molecule has 2 N–H and O–H groups in total. The number of hydrogen-bond donors (Lipinski definition) is 2. The van der Waals surface area contributed by atoms with E-state index < -0.39 is 6.10 Å². The Bertz CT molecular complexity index is 700. The highest BCUT2D eigenvalue weighted by Crippen LogP contribution is 2.21. The lowest BCUT2D eigenvalue weighted by Crippen LogP contribution is -2.44. The fourth-order valence-corrected chi connectivity index (χ4v) is 3.47. The molecule has 0 unspecified atom stereocenters. The number of amides is 2. The van der Waals surface area contributed by atoms with Crippen molar-refractivity contribution in [1.82, 2.24) is 10.2 Å². The summed E-state index contributed by atoms with van der Waals surface area (Å²) in [5, 5.41) is 12.8. The van der Waals surface area contributed by atoms with Crippen molar-refractivity contribution in [3.8, 4) is 0 Å². The molecule has 25 heavy (non-hydrogen) atoms. The number of fused-ring (bicyclic) bond motifs is 1. The molecule has 1 aliphatic heterocycles. The molecule has 0 radical (unpaired) electrons. The third-order valence-corrected chi connectivity index (χ3v) is 4.81. The van der Waals surface area contributed by atoms with E-state index in [2.05, 4.69) is 35.6 Å². The Kier molecular flexibility index (Phi) is 5.71. The molecule has 0 bridgehead atoms. The third kappa shape index (κ3) is 4.60. The van der Waals surface area contributed by atoms with Crippen molar-refractivity contribution >= 4 is 6.03 Å². The fraction of sp³-hybridized carbons (Fsp3) is 0.381. The fourth-order valence-electron chi connectivity index (χ4n) is 3.47. The number of benzene rings is 2. The normalized spacial score (nSPS) is 16.0. The highest BCUT2D eigenvalue weighted by molar-refractivity contribution is 5.74. The Labute approximate surface area is 149 Å². The van der Waals surface area contributed by atoms with Gasteiger partial charge in [-0.15, -0.1) is 0 Å². The van der Waals surface area contributed by atoms with Gasteiger partial charge in [0.1, 0.15) is 0 Å².